The first-order valence-electron chi connectivity index (χ1n) is 24.8. The molecule has 4 aromatic rings. The molecule has 0 saturated heterocycles. The van der Waals surface area contributed by atoms with E-state index in [0.717, 1.165) is 12.8 Å². The van der Waals surface area contributed by atoms with E-state index in [1.165, 1.54) is 149 Å². The predicted molar refractivity (Wildman–Crippen MR) is 278 cm³/mol. The van der Waals surface area contributed by atoms with Gasteiger partial charge in [-0.1, -0.05) is 0 Å². The Labute approximate surface area is 393 Å². The van der Waals surface area contributed by atoms with Crippen LogP contribution in [0.25, 0.3) is 34.4 Å². The molecule has 0 aliphatic heterocycles. The molecule has 2 saturated carbocycles. The summed E-state index contributed by atoms with van der Waals surface area (Å²) in [5.74, 6) is 0. The van der Waals surface area contributed by atoms with E-state index in [9.17, 15) is 0 Å². The Bertz CT molecular complexity index is 2100. The second-order valence-corrected chi connectivity index (χ2v) is 52.6. The number of halogens is 2. The van der Waals surface area contributed by atoms with Gasteiger partial charge in [0.15, 0.2) is 0 Å². The van der Waals surface area contributed by atoms with E-state index < -0.39 is 17.4 Å². The average Bonchev–Trinajstić information content (AvgIpc) is 3.86. The molecule has 4 aliphatic rings. The van der Waals surface area contributed by atoms with Crippen molar-refractivity contribution in [2.45, 2.75) is 173 Å². The largest absolute Gasteiger partial charge is 0.147 e. The maximum absolute atomic E-state index is 3.98. The summed E-state index contributed by atoms with van der Waals surface area (Å²) in [7, 11) is 0. The zero-order chi connectivity index (χ0) is 42.0. The van der Waals surface area contributed by atoms with Gasteiger partial charge in [-0.2, -0.15) is 0 Å². The zero-order valence-corrected chi connectivity index (χ0v) is 45.1. The fourth-order valence-corrected chi connectivity index (χ4v) is 32.9. The molecule has 334 valence electrons. The molecule has 8 rings (SSSR count). The molecule has 4 aromatic carbocycles. The molecule has 0 bridgehead atoms. The summed E-state index contributed by atoms with van der Waals surface area (Å²) in [5, 5.41) is 0. The smallest absolute Gasteiger partial charge is 0.147 e. The second-order valence-electron chi connectivity index (χ2n) is 22.2. The monoisotopic (exact) mass is 964 g/mol. The fourth-order valence-electron chi connectivity index (χ4n) is 13.2. The van der Waals surface area contributed by atoms with Crippen molar-refractivity contribution < 1.29 is 17.4 Å². The van der Waals surface area contributed by atoms with Crippen molar-refractivity contribution in [1.82, 2.24) is 0 Å². The summed E-state index contributed by atoms with van der Waals surface area (Å²) in [6, 6.07) is 34.0. The summed E-state index contributed by atoms with van der Waals surface area (Å²) >= 11 is -3.98. The molecule has 0 amide bonds. The molecule has 4 heteroatoms. The number of aryl methyl sites for hydroxylation is 2. The van der Waals surface area contributed by atoms with E-state index in [-0.39, 0.29) is 24.8 Å². The molecule has 0 N–H and O–H groups in total. The summed E-state index contributed by atoms with van der Waals surface area (Å²) in [5.41, 5.74) is 19.2. The molecule has 2 atom stereocenters. The number of hydrogen-bond acceptors (Lipinski definition) is 0. The van der Waals surface area contributed by atoms with Crippen LogP contribution in [0.4, 0.5) is 0 Å². The molecule has 0 aromatic heterocycles. The molecule has 4 aliphatic carbocycles. The molecule has 2 fully saturated rings. The van der Waals surface area contributed by atoms with Gasteiger partial charge in [-0.15, -0.1) is 24.8 Å². The second kappa shape index (κ2) is 20.7. The number of rotatable bonds is 10. The first-order valence-corrected chi connectivity index (χ1v) is 38.5. The molecular weight excluding hydrogens is 887 g/mol. The Hall–Kier alpha value is -1.96. The van der Waals surface area contributed by atoms with Crippen LogP contribution >= 0.6 is 24.8 Å². The maximum Gasteiger partial charge on any atom is -0.147 e. The van der Waals surface area contributed by atoms with Gasteiger partial charge < -0.3 is 0 Å². The number of hydrogen-bond donors (Lipinski definition) is 0. The van der Waals surface area contributed by atoms with Crippen molar-refractivity contribution >= 4 is 43.8 Å². The zero-order valence-electron chi connectivity index (χ0n) is 39.6. The Kier molecular flexibility index (Phi) is 16.5. The quantitative estimate of drug-likeness (QED) is 0.139. The summed E-state index contributed by atoms with van der Waals surface area (Å²) in [4.78, 5) is 0. The third-order valence-electron chi connectivity index (χ3n) is 16.4. The van der Waals surface area contributed by atoms with Crippen LogP contribution in [0.15, 0.2) is 96.1 Å². The van der Waals surface area contributed by atoms with E-state index in [0.29, 0.717) is 18.1 Å². The number of fused-ring (bicyclic) bond motifs is 2. The van der Waals surface area contributed by atoms with Crippen molar-refractivity contribution in [3.05, 3.63) is 129 Å². The summed E-state index contributed by atoms with van der Waals surface area (Å²) < 4.78 is 6.92. The molecule has 0 nitrogen and oxygen atoms in total. The van der Waals surface area contributed by atoms with Gasteiger partial charge in [0.1, 0.15) is 0 Å². The molecule has 2 unspecified atom stereocenters. The molecular formula is C58H80Cl2SiZr. The van der Waals surface area contributed by atoms with E-state index in [1.807, 2.05) is 0 Å². The first-order chi connectivity index (χ1) is 28.9. The van der Waals surface area contributed by atoms with Crippen LogP contribution < -0.4 is 0 Å². The van der Waals surface area contributed by atoms with Gasteiger partial charge in [0.25, 0.3) is 0 Å². The van der Waals surface area contributed by atoms with Gasteiger partial charge in [0.05, 0.1) is 0 Å². The van der Waals surface area contributed by atoms with Crippen LogP contribution in [0.1, 0.15) is 184 Å². The Morgan fingerprint density at radius 1 is 0.484 bits per heavy atom. The van der Waals surface area contributed by atoms with E-state index in [1.54, 1.807) is 33.4 Å². The van der Waals surface area contributed by atoms with Gasteiger partial charge in [0.2, 0.25) is 0 Å². The summed E-state index contributed by atoms with van der Waals surface area (Å²) in [6.07, 6.45) is 32.7. The summed E-state index contributed by atoms with van der Waals surface area (Å²) in [6.45, 7) is 12.5. The predicted octanol–water partition coefficient (Wildman–Crippen LogP) is 18.0. The van der Waals surface area contributed by atoms with Gasteiger partial charge in [-0.25, -0.2) is 0 Å². The molecule has 62 heavy (non-hydrogen) atoms. The van der Waals surface area contributed by atoms with Crippen LogP contribution in [-0.2, 0) is 30.2 Å². The first kappa shape index (κ1) is 49.5. The minimum absolute atomic E-state index is 0. The van der Waals surface area contributed by atoms with Crippen LogP contribution in [0, 0.1) is 10.8 Å². The fraction of sp³-hybridized carbons (Fsp3) is 0.517. The topological polar surface area (TPSA) is 0 Å². The van der Waals surface area contributed by atoms with Gasteiger partial charge >= 0.3 is 372 Å². The van der Waals surface area contributed by atoms with Crippen molar-refractivity contribution in [3.63, 3.8) is 0 Å². The van der Waals surface area contributed by atoms with Crippen LogP contribution in [0.5, 0.6) is 0 Å². The Balaban J connectivity index is 0.00000321. The maximum atomic E-state index is 2.93. The van der Waals surface area contributed by atoms with Crippen LogP contribution in [-0.4, -0.2) is 6.88 Å². The molecule has 0 heterocycles. The van der Waals surface area contributed by atoms with E-state index >= 15 is 0 Å². The Morgan fingerprint density at radius 3 is 1.13 bits per heavy atom. The van der Waals surface area contributed by atoms with Gasteiger partial charge in [-0.3, -0.25) is 0 Å². The Morgan fingerprint density at radius 2 is 0.806 bits per heavy atom. The van der Waals surface area contributed by atoms with Crippen LogP contribution in [0.3, 0.4) is 0 Å². The number of allylic oxidation sites excluding steroid dienone is 2. The van der Waals surface area contributed by atoms with Crippen molar-refractivity contribution in [3.8, 4) is 22.3 Å². The van der Waals surface area contributed by atoms with E-state index in [4.69, 9.17) is 0 Å². The van der Waals surface area contributed by atoms with E-state index in [2.05, 4.69) is 141 Å². The van der Waals surface area contributed by atoms with Gasteiger partial charge in [-0.05, 0) is 0 Å². The molecule has 0 spiro atoms. The number of benzene rings is 4. The standard InChI is InChI=1S/2C28H35.2CH3.2ClH.H2Si.Zr/c2*1-3-22-13-15-24(16-14-22)26-12-10-11-25-19-23(20-27(25)26)21-28(2)17-8-6-4-5-7-9-18-28;;;;;;/h2*10-16,19-20H,3-9,17-18,21H2,1-2H3;2*1H3;2*1H;1H2;. The van der Waals surface area contributed by atoms with Crippen molar-refractivity contribution in [2.75, 3.05) is 0 Å². The average molecular weight is 967 g/mol. The van der Waals surface area contributed by atoms with Gasteiger partial charge in [0, 0.05) is 0 Å². The SMILES string of the molecule is CCc1ccc(-c2cccc3c2C=C(CC2(C)CCCCCCCC2)[CH]3[Zr]([CH3])([CH3])(=[SiH2])[CH]2C(CC3(C)CCCCCCCC3)=Cc3c(-c4ccc(CC)cc4)cccc32)cc1.Cl.Cl. The minimum atomic E-state index is -3.98. The normalized spacial score (nSPS) is 21.5. The molecule has 0 radical (unpaired) electrons. The third-order valence-corrected chi connectivity index (χ3v) is 33.9. The van der Waals surface area contributed by atoms with Crippen molar-refractivity contribution in [2.24, 2.45) is 10.8 Å². The third kappa shape index (κ3) is 10.5. The minimum Gasteiger partial charge on any atom is -0.147 e. The van der Waals surface area contributed by atoms with Crippen molar-refractivity contribution in [1.29, 1.82) is 0 Å². The van der Waals surface area contributed by atoms with Crippen LogP contribution in [0.2, 0.25) is 9.26 Å².